The van der Waals surface area contributed by atoms with E-state index in [2.05, 4.69) is 0 Å². The number of hydrogen-bond acceptors (Lipinski definition) is 2. The molecule has 5 heteroatoms. The Morgan fingerprint density at radius 2 is 2.05 bits per heavy atom. The molecule has 2 N–H and O–H groups in total. The van der Waals surface area contributed by atoms with Gasteiger partial charge in [0.15, 0.2) is 0 Å². The summed E-state index contributed by atoms with van der Waals surface area (Å²) in [6, 6.07) is 4.06. The van der Waals surface area contributed by atoms with Crippen LogP contribution >= 0.6 is 11.6 Å². The quantitative estimate of drug-likeness (QED) is 0.906. The molecule has 3 nitrogen and oxygen atoms in total. The smallest absolute Gasteiger partial charge is 0.223 e. The van der Waals surface area contributed by atoms with E-state index in [0.29, 0.717) is 23.4 Å². The molecule has 102 valence electrons. The molecule has 0 radical (unpaired) electrons. The summed E-state index contributed by atoms with van der Waals surface area (Å²) in [5.74, 6) is -0.265. The van der Waals surface area contributed by atoms with Crippen molar-refractivity contribution in [1.82, 2.24) is 4.90 Å². The first-order valence-electron chi connectivity index (χ1n) is 6.59. The van der Waals surface area contributed by atoms with Crippen LogP contribution in [0.15, 0.2) is 18.2 Å². The van der Waals surface area contributed by atoms with Crippen molar-refractivity contribution in [2.45, 2.75) is 43.8 Å². The van der Waals surface area contributed by atoms with Crippen molar-refractivity contribution in [3.05, 3.63) is 34.6 Å². The number of rotatable bonds is 2. The monoisotopic (exact) mass is 282 g/mol. The zero-order valence-electron chi connectivity index (χ0n) is 10.5. The summed E-state index contributed by atoms with van der Waals surface area (Å²) < 4.78 is 14.1. The van der Waals surface area contributed by atoms with E-state index in [9.17, 15) is 9.18 Å². The molecular weight excluding hydrogens is 267 g/mol. The molecule has 2 unspecified atom stereocenters. The van der Waals surface area contributed by atoms with Crippen LogP contribution in [-0.2, 0) is 4.79 Å². The lowest BCUT2D eigenvalue weighted by Gasteiger charge is -2.40. The van der Waals surface area contributed by atoms with Crippen molar-refractivity contribution in [3.63, 3.8) is 0 Å². The molecule has 19 heavy (non-hydrogen) atoms. The number of piperidine rings is 1. The van der Waals surface area contributed by atoms with Gasteiger partial charge in [0.1, 0.15) is 5.82 Å². The summed E-state index contributed by atoms with van der Waals surface area (Å²) >= 11 is 5.95. The van der Waals surface area contributed by atoms with Crippen LogP contribution in [0.1, 0.15) is 37.3 Å². The van der Waals surface area contributed by atoms with Crippen LogP contribution in [-0.4, -0.2) is 22.9 Å². The minimum atomic E-state index is -0.382. The Labute approximate surface area is 116 Å². The number of halogens is 2. The standard InChI is InChI=1S/C14H16ClFN2O/c15-8-1-4-11(16)10(7-8)14-12(17)5-6-13(19)18(14)9-2-3-9/h1,4,7,9,12,14H,2-3,5-6,17H2. The molecule has 3 rings (SSSR count). The van der Waals surface area contributed by atoms with E-state index in [0.717, 1.165) is 12.8 Å². The lowest BCUT2D eigenvalue weighted by atomic mass is 9.90. The maximum atomic E-state index is 14.1. The van der Waals surface area contributed by atoms with Crippen LogP contribution in [0.4, 0.5) is 4.39 Å². The first-order chi connectivity index (χ1) is 9.08. The van der Waals surface area contributed by atoms with Gasteiger partial charge in [-0.05, 0) is 37.5 Å². The van der Waals surface area contributed by atoms with Gasteiger partial charge in [-0.25, -0.2) is 4.39 Å². The largest absolute Gasteiger partial charge is 0.331 e. The minimum Gasteiger partial charge on any atom is -0.331 e. The van der Waals surface area contributed by atoms with Gasteiger partial charge in [0, 0.05) is 29.1 Å². The number of hydrogen-bond donors (Lipinski definition) is 1. The highest BCUT2D eigenvalue weighted by molar-refractivity contribution is 6.30. The average molecular weight is 283 g/mol. The van der Waals surface area contributed by atoms with E-state index in [-0.39, 0.29) is 29.8 Å². The van der Waals surface area contributed by atoms with E-state index in [1.807, 2.05) is 0 Å². The molecule has 1 aliphatic heterocycles. The Morgan fingerprint density at radius 3 is 2.74 bits per heavy atom. The lowest BCUT2D eigenvalue weighted by Crippen LogP contribution is -2.50. The number of nitrogens with two attached hydrogens (primary N) is 1. The number of likely N-dealkylation sites (tertiary alicyclic amines) is 1. The van der Waals surface area contributed by atoms with Gasteiger partial charge in [-0.15, -0.1) is 0 Å². The minimum absolute atomic E-state index is 0.0774. The van der Waals surface area contributed by atoms with E-state index >= 15 is 0 Å². The molecule has 0 spiro atoms. The highest BCUT2D eigenvalue weighted by Crippen LogP contribution is 2.41. The highest BCUT2D eigenvalue weighted by atomic mass is 35.5. The van der Waals surface area contributed by atoms with Crippen molar-refractivity contribution in [3.8, 4) is 0 Å². The van der Waals surface area contributed by atoms with Crippen molar-refractivity contribution in [2.24, 2.45) is 5.73 Å². The van der Waals surface area contributed by atoms with Gasteiger partial charge in [-0.2, -0.15) is 0 Å². The maximum Gasteiger partial charge on any atom is 0.223 e. The fourth-order valence-corrected chi connectivity index (χ4v) is 3.02. The molecule has 1 aromatic carbocycles. The summed E-state index contributed by atoms with van der Waals surface area (Å²) in [5.41, 5.74) is 6.59. The van der Waals surface area contributed by atoms with Gasteiger partial charge in [0.2, 0.25) is 5.91 Å². The average Bonchev–Trinajstić information content (AvgIpc) is 3.19. The molecule has 1 aliphatic carbocycles. The normalized spacial score (nSPS) is 27.7. The van der Waals surface area contributed by atoms with Crippen molar-refractivity contribution in [2.75, 3.05) is 0 Å². The molecule has 2 fully saturated rings. The molecule has 2 aliphatic rings. The summed E-state index contributed by atoms with van der Waals surface area (Å²) in [4.78, 5) is 13.9. The third-order valence-corrected chi connectivity index (χ3v) is 4.14. The Hall–Kier alpha value is -1.13. The summed E-state index contributed by atoms with van der Waals surface area (Å²) in [7, 11) is 0. The summed E-state index contributed by atoms with van der Waals surface area (Å²) in [5, 5.41) is 0.470. The number of carbonyl (C=O) groups excluding carboxylic acids is 1. The van der Waals surface area contributed by atoms with Gasteiger partial charge >= 0.3 is 0 Å². The predicted octanol–water partition coefficient (Wildman–Crippen LogP) is 2.63. The SMILES string of the molecule is NC1CCC(=O)N(C2CC2)C1c1cc(Cl)ccc1F. The Morgan fingerprint density at radius 1 is 1.32 bits per heavy atom. The molecule has 0 bridgehead atoms. The fourth-order valence-electron chi connectivity index (χ4n) is 2.84. The third kappa shape index (κ3) is 2.35. The van der Waals surface area contributed by atoms with Gasteiger partial charge in [-0.1, -0.05) is 11.6 Å². The Kier molecular flexibility index (Phi) is 3.23. The molecule has 1 aromatic rings. The second-order valence-electron chi connectivity index (χ2n) is 5.35. The van der Waals surface area contributed by atoms with Gasteiger partial charge in [-0.3, -0.25) is 4.79 Å². The van der Waals surface area contributed by atoms with Crippen molar-refractivity contribution < 1.29 is 9.18 Å². The molecule has 2 atom stereocenters. The number of benzene rings is 1. The topological polar surface area (TPSA) is 46.3 Å². The summed E-state index contributed by atoms with van der Waals surface area (Å²) in [6.07, 6.45) is 3.02. The van der Waals surface area contributed by atoms with Crippen LogP contribution < -0.4 is 5.73 Å². The highest BCUT2D eigenvalue weighted by Gasteiger charge is 2.43. The maximum absolute atomic E-state index is 14.1. The number of nitrogens with zero attached hydrogens (tertiary/aromatic N) is 1. The first-order valence-corrected chi connectivity index (χ1v) is 6.97. The predicted molar refractivity (Wildman–Crippen MR) is 71.2 cm³/mol. The third-order valence-electron chi connectivity index (χ3n) is 3.90. The van der Waals surface area contributed by atoms with Crippen LogP contribution in [0.2, 0.25) is 5.02 Å². The van der Waals surface area contributed by atoms with Crippen molar-refractivity contribution >= 4 is 17.5 Å². The first kappa shape index (κ1) is 12.9. The van der Waals surface area contributed by atoms with Crippen LogP contribution in [0.3, 0.4) is 0 Å². The van der Waals surface area contributed by atoms with E-state index in [4.69, 9.17) is 17.3 Å². The second kappa shape index (κ2) is 4.76. The second-order valence-corrected chi connectivity index (χ2v) is 5.78. The fraction of sp³-hybridized carbons (Fsp3) is 0.500. The van der Waals surface area contributed by atoms with Crippen LogP contribution in [0.25, 0.3) is 0 Å². The Balaban J connectivity index is 2.02. The van der Waals surface area contributed by atoms with Gasteiger partial charge < -0.3 is 10.6 Å². The molecule has 1 amide bonds. The van der Waals surface area contributed by atoms with Crippen LogP contribution in [0.5, 0.6) is 0 Å². The zero-order valence-corrected chi connectivity index (χ0v) is 11.2. The molecule has 1 saturated carbocycles. The van der Waals surface area contributed by atoms with E-state index in [1.54, 1.807) is 11.0 Å². The van der Waals surface area contributed by atoms with Crippen molar-refractivity contribution in [1.29, 1.82) is 0 Å². The molecule has 0 aromatic heterocycles. The van der Waals surface area contributed by atoms with Gasteiger partial charge in [0.25, 0.3) is 0 Å². The molecular formula is C14H16ClFN2O. The number of amides is 1. The van der Waals surface area contributed by atoms with E-state index in [1.165, 1.54) is 12.1 Å². The molecule has 1 saturated heterocycles. The van der Waals surface area contributed by atoms with E-state index < -0.39 is 0 Å². The van der Waals surface area contributed by atoms with Gasteiger partial charge in [0.05, 0.1) is 6.04 Å². The lowest BCUT2D eigenvalue weighted by molar-refractivity contribution is -0.138. The summed E-state index contributed by atoms with van der Waals surface area (Å²) in [6.45, 7) is 0. The zero-order chi connectivity index (χ0) is 13.6. The Bertz CT molecular complexity index is 518. The molecule has 1 heterocycles. The number of carbonyl (C=O) groups is 1. The van der Waals surface area contributed by atoms with Crippen LogP contribution in [0, 0.1) is 5.82 Å².